The third-order valence-corrected chi connectivity index (χ3v) is 5.05. The predicted molar refractivity (Wildman–Crippen MR) is 92.1 cm³/mol. The van der Waals surface area contributed by atoms with Gasteiger partial charge in [0, 0.05) is 24.5 Å². The van der Waals surface area contributed by atoms with Crippen molar-refractivity contribution < 1.29 is 9.21 Å². The summed E-state index contributed by atoms with van der Waals surface area (Å²) in [5.41, 5.74) is 0.104. The molecule has 5 nitrogen and oxygen atoms in total. The molecule has 2 aromatic rings. The second-order valence-corrected chi connectivity index (χ2v) is 6.90. The highest BCUT2D eigenvalue weighted by Gasteiger charge is 2.27. The van der Waals surface area contributed by atoms with Crippen LogP contribution in [0.5, 0.6) is 0 Å². The Morgan fingerprint density at radius 1 is 1.17 bits per heavy atom. The smallest absolute Gasteiger partial charge is 0.349 e. The molecule has 1 aromatic carbocycles. The minimum atomic E-state index is -0.548. The van der Waals surface area contributed by atoms with Gasteiger partial charge in [-0.15, -0.1) is 0 Å². The number of nitrogens with zero attached hydrogens (tertiary/aromatic N) is 1. The number of amides is 1. The number of benzene rings is 1. The Balaban J connectivity index is 1.44. The van der Waals surface area contributed by atoms with Crippen LogP contribution in [0.25, 0.3) is 11.0 Å². The average Bonchev–Trinajstić information content (AvgIpc) is 3.44. The number of hydrogen-bond acceptors (Lipinski definition) is 4. The summed E-state index contributed by atoms with van der Waals surface area (Å²) in [4.78, 5) is 26.6. The van der Waals surface area contributed by atoms with E-state index in [4.69, 9.17) is 4.42 Å². The molecule has 24 heavy (non-hydrogen) atoms. The van der Waals surface area contributed by atoms with Gasteiger partial charge in [-0.2, -0.15) is 0 Å². The van der Waals surface area contributed by atoms with E-state index in [1.165, 1.54) is 12.8 Å². The normalized spacial score (nSPS) is 18.9. The Bertz CT molecular complexity index is 802. The number of carbonyl (C=O) groups excluding carboxylic acids is 1. The molecule has 1 aromatic heterocycles. The molecule has 5 heteroatoms. The molecule has 1 aliphatic carbocycles. The van der Waals surface area contributed by atoms with Crippen LogP contribution in [-0.2, 0) is 0 Å². The fourth-order valence-corrected chi connectivity index (χ4v) is 3.32. The minimum Gasteiger partial charge on any atom is -0.422 e. The van der Waals surface area contributed by atoms with Gasteiger partial charge in [-0.1, -0.05) is 18.2 Å². The van der Waals surface area contributed by atoms with E-state index in [-0.39, 0.29) is 11.5 Å². The molecule has 2 aliphatic rings. The molecule has 2 heterocycles. The molecular formula is C19H22N2O3. The summed E-state index contributed by atoms with van der Waals surface area (Å²) in [6.45, 7) is 2.48. The number of para-hydroxylation sites is 1. The Hall–Kier alpha value is -2.14. The highest BCUT2D eigenvalue weighted by molar-refractivity contribution is 5.96. The molecule has 4 rings (SSSR count). The van der Waals surface area contributed by atoms with E-state index in [1.54, 1.807) is 17.0 Å². The first-order valence-electron chi connectivity index (χ1n) is 8.76. The summed E-state index contributed by atoms with van der Waals surface area (Å²) >= 11 is 0. The molecular weight excluding hydrogens is 304 g/mol. The number of hydrogen-bond donors (Lipinski definition) is 1. The summed E-state index contributed by atoms with van der Waals surface area (Å²) in [6, 6.07) is 9.41. The maximum atomic E-state index is 12.7. The maximum absolute atomic E-state index is 12.7. The number of piperidine rings is 1. The van der Waals surface area contributed by atoms with Gasteiger partial charge in [-0.3, -0.25) is 4.79 Å². The standard InChI is InChI=1S/C19H22N2O3/c22-18(16-11-14-3-1-2-4-17(14)24-19(16)23)21-9-7-15(8-10-21)20-12-13-5-6-13/h1-4,11,13,15,20H,5-10,12H2. The summed E-state index contributed by atoms with van der Waals surface area (Å²) in [6.07, 6.45) is 4.58. The van der Waals surface area contributed by atoms with E-state index in [2.05, 4.69) is 5.32 Å². The lowest BCUT2D eigenvalue weighted by atomic mass is 10.0. The number of carbonyl (C=O) groups is 1. The van der Waals surface area contributed by atoms with E-state index in [0.717, 1.165) is 30.7 Å². The Morgan fingerprint density at radius 3 is 2.67 bits per heavy atom. The number of rotatable bonds is 4. The Labute approximate surface area is 140 Å². The van der Waals surface area contributed by atoms with Gasteiger partial charge >= 0.3 is 5.63 Å². The van der Waals surface area contributed by atoms with Crippen molar-refractivity contribution in [1.82, 2.24) is 10.2 Å². The van der Waals surface area contributed by atoms with Crippen molar-refractivity contribution in [2.24, 2.45) is 5.92 Å². The van der Waals surface area contributed by atoms with E-state index in [0.29, 0.717) is 24.7 Å². The molecule has 1 aliphatic heterocycles. The fraction of sp³-hybridized carbons (Fsp3) is 0.474. The fourth-order valence-electron chi connectivity index (χ4n) is 3.32. The molecule has 0 bridgehead atoms. The summed E-state index contributed by atoms with van der Waals surface area (Å²) in [5, 5.41) is 4.38. The monoisotopic (exact) mass is 326 g/mol. The van der Waals surface area contributed by atoms with Crippen LogP contribution < -0.4 is 10.9 Å². The van der Waals surface area contributed by atoms with Crippen molar-refractivity contribution in [2.45, 2.75) is 31.7 Å². The third kappa shape index (κ3) is 3.22. The molecule has 1 N–H and O–H groups in total. The van der Waals surface area contributed by atoms with E-state index in [9.17, 15) is 9.59 Å². The molecule has 1 saturated heterocycles. The quantitative estimate of drug-likeness (QED) is 0.877. The van der Waals surface area contributed by atoms with Crippen LogP contribution in [0.2, 0.25) is 0 Å². The number of fused-ring (bicyclic) bond motifs is 1. The molecule has 0 spiro atoms. The van der Waals surface area contributed by atoms with E-state index >= 15 is 0 Å². The molecule has 126 valence electrons. The first kappa shape index (κ1) is 15.4. The maximum Gasteiger partial charge on any atom is 0.349 e. The Morgan fingerprint density at radius 2 is 1.92 bits per heavy atom. The van der Waals surface area contributed by atoms with Gasteiger partial charge in [0.2, 0.25) is 0 Å². The third-order valence-electron chi connectivity index (χ3n) is 5.05. The second kappa shape index (κ2) is 6.40. The Kier molecular flexibility index (Phi) is 4.10. The first-order chi connectivity index (χ1) is 11.7. The lowest BCUT2D eigenvalue weighted by Crippen LogP contribution is -2.46. The SMILES string of the molecule is O=C(c1cc2ccccc2oc1=O)N1CCC(NCC2CC2)CC1. The van der Waals surface area contributed by atoms with Crippen LogP contribution in [0, 0.1) is 5.92 Å². The van der Waals surface area contributed by atoms with E-state index in [1.807, 2.05) is 18.2 Å². The molecule has 1 amide bonds. The van der Waals surface area contributed by atoms with Crippen LogP contribution in [0.1, 0.15) is 36.0 Å². The minimum absolute atomic E-state index is 0.137. The topological polar surface area (TPSA) is 62.6 Å². The van der Waals surface area contributed by atoms with Crippen molar-refractivity contribution in [1.29, 1.82) is 0 Å². The van der Waals surface area contributed by atoms with E-state index < -0.39 is 5.63 Å². The highest BCUT2D eigenvalue weighted by Crippen LogP contribution is 2.28. The van der Waals surface area contributed by atoms with Gasteiger partial charge in [0.05, 0.1) is 0 Å². The zero-order valence-electron chi connectivity index (χ0n) is 13.7. The van der Waals surface area contributed by atoms with Gasteiger partial charge in [0.15, 0.2) is 0 Å². The summed E-state index contributed by atoms with van der Waals surface area (Å²) in [7, 11) is 0. The highest BCUT2D eigenvalue weighted by atomic mass is 16.4. The predicted octanol–water partition coefficient (Wildman–Crippen LogP) is 2.40. The number of likely N-dealkylation sites (tertiary alicyclic amines) is 1. The molecule has 0 atom stereocenters. The van der Waals surface area contributed by atoms with Crippen LogP contribution in [-0.4, -0.2) is 36.5 Å². The summed E-state index contributed by atoms with van der Waals surface area (Å²) < 4.78 is 5.28. The van der Waals surface area contributed by atoms with Gasteiger partial charge < -0.3 is 14.6 Å². The average molecular weight is 326 g/mol. The number of nitrogens with one attached hydrogen (secondary N) is 1. The van der Waals surface area contributed by atoms with Crippen LogP contribution in [0.4, 0.5) is 0 Å². The second-order valence-electron chi connectivity index (χ2n) is 6.90. The van der Waals surface area contributed by atoms with Crippen molar-refractivity contribution in [2.75, 3.05) is 19.6 Å². The zero-order chi connectivity index (χ0) is 16.5. The van der Waals surface area contributed by atoms with Gasteiger partial charge in [-0.05, 0) is 50.3 Å². The van der Waals surface area contributed by atoms with Crippen LogP contribution in [0.15, 0.2) is 39.5 Å². The van der Waals surface area contributed by atoms with Crippen LogP contribution in [0.3, 0.4) is 0 Å². The first-order valence-corrected chi connectivity index (χ1v) is 8.76. The lowest BCUT2D eigenvalue weighted by molar-refractivity contribution is 0.0701. The molecule has 1 saturated carbocycles. The van der Waals surface area contributed by atoms with Crippen molar-refractivity contribution in [3.63, 3.8) is 0 Å². The van der Waals surface area contributed by atoms with Crippen molar-refractivity contribution in [3.05, 3.63) is 46.3 Å². The zero-order valence-corrected chi connectivity index (χ0v) is 13.7. The van der Waals surface area contributed by atoms with Gasteiger partial charge in [-0.25, -0.2) is 4.79 Å². The van der Waals surface area contributed by atoms with Gasteiger partial charge in [0.1, 0.15) is 11.1 Å². The van der Waals surface area contributed by atoms with Crippen LogP contribution >= 0.6 is 0 Å². The largest absolute Gasteiger partial charge is 0.422 e. The molecule has 2 fully saturated rings. The van der Waals surface area contributed by atoms with Crippen molar-refractivity contribution >= 4 is 16.9 Å². The molecule has 0 unspecified atom stereocenters. The van der Waals surface area contributed by atoms with Crippen molar-refractivity contribution in [3.8, 4) is 0 Å². The lowest BCUT2D eigenvalue weighted by Gasteiger charge is -2.32. The summed E-state index contributed by atoms with van der Waals surface area (Å²) in [5.74, 6) is 0.655. The molecule has 0 radical (unpaired) electrons. The van der Waals surface area contributed by atoms with Gasteiger partial charge in [0.25, 0.3) is 5.91 Å².